The molecule has 1 atom stereocenters. The maximum atomic E-state index is 11.6. The summed E-state index contributed by atoms with van der Waals surface area (Å²) in [6, 6.07) is -0.527. The van der Waals surface area contributed by atoms with E-state index in [1.807, 2.05) is 11.5 Å². The van der Waals surface area contributed by atoms with E-state index in [1.165, 1.54) is 0 Å². The van der Waals surface area contributed by atoms with E-state index in [0.717, 1.165) is 18.7 Å². The number of imidazole rings is 1. The van der Waals surface area contributed by atoms with E-state index in [-0.39, 0.29) is 12.1 Å². The second-order valence-electron chi connectivity index (χ2n) is 4.02. The van der Waals surface area contributed by atoms with Crippen molar-refractivity contribution in [1.29, 1.82) is 0 Å². The minimum absolute atomic E-state index is 0.262. The third-order valence-corrected chi connectivity index (χ3v) is 2.89. The molecule has 92 valence electrons. The molecule has 0 saturated carbocycles. The first kappa shape index (κ1) is 11.6. The van der Waals surface area contributed by atoms with Crippen molar-refractivity contribution in [2.24, 2.45) is 10.7 Å². The Hall–Kier alpha value is -1.85. The van der Waals surface area contributed by atoms with Crippen LogP contribution < -0.4 is 5.73 Å². The predicted octanol–water partition coefficient (Wildman–Crippen LogP) is 1.15. The molecule has 1 aliphatic heterocycles. The van der Waals surface area contributed by atoms with E-state index in [1.54, 1.807) is 17.4 Å². The molecule has 0 aromatic carbocycles. The number of amidine groups is 1. The molecule has 1 aromatic rings. The van der Waals surface area contributed by atoms with Crippen molar-refractivity contribution in [2.45, 2.75) is 32.9 Å². The van der Waals surface area contributed by atoms with E-state index in [9.17, 15) is 4.79 Å². The van der Waals surface area contributed by atoms with Crippen LogP contribution in [0.15, 0.2) is 17.5 Å². The van der Waals surface area contributed by atoms with Crippen LogP contribution in [0, 0.1) is 0 Å². The lowest BCUT2D eigenvalue weighted by Crippen LogP contribution is -2.34. The van der Waals surface area contributed by atoms with E-state index in [4.69, 9.17) is 5.73 Å². The molecule has 6 nitrogen and oxygen atoms in total. The Labute approximate surface area is 100 Å². The zero-order valence-corrected chi connectivity index (χ0v) is 10.1. The lowest BCUT2D eigenvalue weighted by atomic mass is 10.2. The standard InChI is InChI=1S/C11H17N5O/c1-3-5-15-7-13-6-8(15)9-10(12)14-11(17)16(9)4-2/h6-7,9H,3-5H2,1-2H3,(H2,12,14,17). The minimum atomic E-state index is -0.265. The Balaban J connectivity index is 2.35. The number of likely N-dealkylation sites (N-methyl/N-ethyl adjacent to an activating group) is 1. The van der Waals surface area contributed by atoms with Crippen LogP contribution in [0.1, 0.15) is 32.0 Å². The summed E-state index contributed by atoms with van der Waals surface area (Å²) in [4.78, 5) is 21.2. The molecule has 1 unspecified atom stereocenters. The molecule has 2 amide bonds. The van der Waals surface area contributed by atoms with Crippen LogP contribution in [0.3, 0.4) is 0 Å². The highest BCUT2D eigenvalue weighted by Gasteiger charge is 2.35. The van der Waals surface area contributed by atoms with Gasteiger partial charge in [-0.2, -0.15) is 4.99 Å². The maximum Gasteiger partial charge on any atom is 0.346 e. The van der Waals surface area contributed by atoms with Crippen LogP contribution in [-0.2, 0) is 6.54 Å². The second kappa shape index (κ2) is 4.57. The summed E-state index contributed by atoms with van der Waals surface area (Å²) in [5, 5.41) is 0. The summed E-state index contributed by atoms with van der Waals surface area (Å²) in [5.41, 5.74) is 6.77. The van der Waals surface area contributed by atoms with Gasteiger partial charge in [-0.05, 0) is 13.3 Å². The van der Waals surface area contributed by atoms with Gasteiger partial charge in [0, 0.05) is 13.1 Å². The molecular formula is C11H17N5O. The zero-order valence-electron chi connectivity index (χ0n) is 10.1. The maximum absolute atomic E-state index is 11.6. The smallest absolute Gasteiger partial charge is 0.346 e. The normalized spacial score (nSPS) is 19.9. The number of carbonyl (C=O) groups is 1. The van der Waals surface area contributed by atoms with Crippen LogP contribution >= 0.6 is 0 Å². The summed E-state index contributed by atoms with van der Waals surface area (Å²) in [6.45, 7) is 5.47. The van der Waals surface area contributed by atoms with Gasteiger partial charge in [0.2, 0.25) is 0 Å². The third-order valence-electron chi connectivity index (χ3n) is 2.89. The summed E-state index contributed by atoms with van der Waals surface area (Å²) >= 11 is 0. The number of rotatable bonds is 4. The van der Waals surface area contributed by atoms with Crippen LogP contribution in [0.4, 0.5) is 4.79 Å². The number of aliphatic imine (C=N–C) groups is 1. The van der Waals surface area contributed by atoms with Crippen molar-refractivity contribution < 1.29 is 4.79 Å². The van der Waals surface area contributed by atoms with Crippen molar-refractivity contribution in [3.63, 3.8) is 0 Å². The van der Waals surface area contributed by atoms with Gasteiger partial charge in [-0.3, -0.25) is 0 Å². The van der Waals surface area contributed by atoms with Crippen LogP contribution in [0.25, 0.3) is 0 Å². The Kier molecular flexibility index (Phi) is 3.12. The number of aromatic nitrogens is 2. The van der Waals surface area contributed by atoms with Gasteiger partial charge in [0.15, 0.2) is 0 Å². The van der Waals surface area contributed by atoms with Gasteiger partial charge in [-0.1, -0.05) is 6.92 Å². The lowest BCUT2D eigenvalue weighted by molar-refractivity contribution is 0.208. The first-order valence-corrected chi connectivity index (χ1v) is 5.83. The number of aryl methyl sites for hydroxylation is 1. The van der Waals surface area contributed by atoms with Crippen molar-refractivity contribution in [2.75, 3.05) is 6.54 Å². The van der Waals surface area contributed by atoms with Crippen molar-refractivity contribution in [3.05, 3.63) is 18.2 Å². The molecule has 0 fully saturated rings. The number of amides is 2. The molecule has 0 saturated heterocycles. The van der Waals surface area contributed by atoms with Gasteiger partial charge in [0.25, 0.3) is 0 Å². The zero-order chi connectivity index (χ0) is 12.4. The molecule has 2 rings (SSSR count). The fraction of sp³-hybridized carbons (Fsp3) is 0.545. The summed E-state index contributed by atoms with van der Waals surface area (Å²) in [6.07, 6.45) is 4.53. The fourth-order valence-corrected chi connectivity index (χ4v) is 2.12. The van der Waals surface area contributed by atoms with Crippen molar-refractivity contribution >= 4 is 11.9 Å². The molecule has 2 N–H and O–H groups in total. The number of hydrogen-bond donors (Lipinski definition) is 1. The first-order chi connectivity index (χ1) is 8.19. The topological polar surface area (TPSA) is 76.5 Å². The molecule has 2 heterocycles. The number of nitrogens with zero attached hydrogens (tertiary/aromatic N) is 4. The molecule has 6 heteroatoms. The Bertz CT molecular complexity index is 450. The van der Waals surface area contributed by atoms with Crippen LogP contribution in [0.2, 0.25) is 0 Å². The molecule has 0 aliphatic carbocycles. The van der Waals surface area contributed by atoms with Gasteiger partial charge in [-0.15, -0.1) is 0 Å². The summed E-state index contributed by atoms with van der Waals surface area (Å²) in [5.74, 6) is 0.356. The lowest BCUT2D eigenvalue weighted by Gasteiger charge is -2.23. The highest BCUT2D eigenvalue weighted by atomic mass is 16.2. The minimum Gasteiger partial charge on any atom is -0.385 e. The molecule has 17 heavy (non-hydrogen) atoms. The van der Waals surface area contributed by atoms with Crippen molar-refractivity contribution in [1.82, 2.24) is 14.5 Å². The molecule has 0 bridgehead atoms. The van der Waals surface area contributed by atoms with Crippen LogP contribution in [0.5, 0.6) is 0 Å². The third kappa shape index (κ3) is 1.90. The summed E-state index contributed by atoms with van der Waals surface area (Å²) < 4.78 is 2.02. The van der Waals surface area contributed by atoms with Gasteiger partial charge >= 0.3 is 6.03 Å². The molecule has 1 aliphatic rings. The highest BCUT2D eigenvalue weighted by Crippen LogP contribution is 2.26. The Morgan fingerprint density at radius 2 is 2.24 bits per heavy atom. The van der Waals surface area contributed by atoms with Crippen molar-refractivity contribution in [3.8, 4) is 0 Å². The summed E-state index contributed by atoms with van der Waals surface area (Å²) in [7, 11) is 0. The molecule has 1 aromatic heterocycles. The van der Waals surface area contributed by atoms with Gasteiger partial charge in [0.1, 0.15) is 11.9 Å². The first-order valence-electron chi connectivity index (χ1n) is 5.83. The SMILES string of the molecule is CCCn1cncc1C1C(N)=NC(=O)N1CC. The van der Waals surface area contributed by atoms with Gasteiger partial charge < -0.3 is 15.2 Å². The highest BCUT2D eigenvalue weighted by molar-refractivity contribution is 6.03. The Morgan fingerprint density at radius 3 is 2.88 bits per heavy atom. The average molecular weight is 235 g/mol. The molecule has 0 radical (unpaired) electrons. The van der Waals surface area contributed by atoms with E-state index in [2.05, 4.69) is 16.9 Å². The number of urea groups is 1. The fourth-order valence-electron chi connectivity index (χ4n) is 2.12. The number of nitrogens with two attached hydrogens (primary N) is 1. The number of hydrogen-bond acceptors (Lipinski definition) is 3. The predicted molar refractivity (Wildman–Crippen MR) is 64.7 cm³/mol. The molecular weight excluding hydrogens is 218 g/mol. The quantitative estimate of drug-likeness (QED) is 0.850. The average Bonchev–Trinajstić information content (AvgIpc) is 2.83. The van der Waals surface area contributed by atoms with Crippen LogP contribution in [-0.4, -0.2) is 32.9 Å². The van der Waals surface area contributed by atoms with E-state index >= 15 is 0 Å². The molecule has 0 spiro atoms. The Morgan fingerprint density at radius 1 is 1.47 bits per heavy atom. The second-order valence-corrected chi connectivity index (χ2v) is 4.02. The van der Waals surface area contributed by atoms with Gasteiger partial charge in [-0.25, -0.2) is 9.78 Å². The van der Waals surface area contributed by atoms with Gasteiger partial charge in [0.05, 0.1) is 18.2 Å². The largest absolute Gasteiger partial charge is 0.385 e. The monoisotopic (exact) mass is 235 g/mol. The van der Waals surface area contributed by atoms with E-state index in [0.29, 0.717) is 12.4 Å². The van der Waals surface area contributed by atoms with E-state index < -0.39 is 0 Å². The number of carbonyl (C=O) groups excluding carboxylic acids is 1.